The Kier molecular flexibility index (Phi) is 6.02. The van der Waals surface area contributed by atoms with Crippen LogP contribution in [0.15, 0.2) is 23.0 Å². The van der Waals surface area contributed by atoms with Gasteiger partial charge in [-0.05, 0) is 55.5 Å². The summed E-state index contributed by atoms with van der Waals surface area (Å²) in [6, 6.07) is 6.44. The number of aryl methyl sites for hydroxylation is 1. The highest BCUT2D eigenvalue weighted by atomic mass is 16.3. The lowest BCUT2D eigenvalue weighted by atomic mass is 9.99. The average Bonchev–Trinajstić information content (AvgIpc) is 2.58. The number of rotatable bonds is 6. The molecule has 4 N–H and O–H groups in total. The highest BCUT2D eigenvalue weighted by Gasteiger charge is 2.13. The Bertz CT molecular complexity index is 926. The van der Waals surface area contributed by atoms with E-state index in [1.807, 2.05) is 6.07 Å². The van der Waals surface area contributed by atoms with Crippen molar-refractivity contribution < 1.29 is 15.0 Å². The van der Waals surface area contributed by atoms with Crippen molar-refractivity contribution in [2.45, 2.75) is 33.1 Å². The highest BCUT2D eigenvalue weighted by Crippen LogP contribution is 2.24. The molecule has 1 amide bonds. The zero-order chi connectivity index (χ0) is 19.3. The van der Waals surface area contributed by atoms with Gasteiger partial charge in [0, 0.05) is 18.7 Å². The van der Waals surface area contributed by atoms with Crippen molar-refractivity contribution in [3.63, 3.8) is 0 Å². The van der Waals surface area contributed by atoms with E-state index in [4.69, 9.17) is 5.26 Å². The van der Waals surface area contributed by atoms with Gasteiger partial charge in [0.2, 0.25) is 5.91 Å². The van der Waals surface area contributed by atoms with Crippen molar-refractivity contribution in [3.05, 3.63) is 56.5 Å². The van der Waals surface area contributed by atoms with E-state index in [0.717, 1.165) is 11.1 Å². The summed E-state index contributed by atoms with van der Waals surface area (Å²) in [5.74, 6) is -0.510. The van der Waals surface area contributed by atoms with Gasteiger partial charge in [0.25, 0.3) is 5.56 Å². The quantitative estimate of drug-likeness (QED) is 0.585. The van der Waals surface area contributed by atoms with Gasteiger partial charge in [0.05, 0.1) is 0 Å². The minimum Gasteiger partial charge on any atom is -0.504 e. The summed E-state index contributed by atoms with van der Waals surface area (Å²) in [5.41, 5.74) is 2.55. The molecule has 136 valence electrons. The summed E-state index contributed by atoms with van der Waals surface area (Å²) in [7, 11) is 0. The van der Waals surface area contributed by atoms with Gasteiger partial charge in [-0.3, -0.25) is 9.59 Å². The van der Waals surface area contributed by atoms with E-state index in [2.05, 4.69) is 10.3 Å². The van der Waals surface area contributed by atoms with Crippen LogP contribution in [0.3, 0.4) is 0 Å². The van der Waals surface area contributed by atoms with Crippen LogP contribution in [-0.4, -0.2) is 27.6 Å². The molecule has 1 heterocycles. The molecule has 0 atom stereocenters. The van der Waals surface area contributed by atoms with Gasteiger partial charge < -0.3 is 20.5 Å². The van der Waals surface area contributed by atoms with E-state index in [1.165, 1.54) is 12.1 Å². The highest BCUT2D eigenvalue weighted by molar-refractivity contribution is 5.76. The average molecular weight is 355 g/mol. The van der Waals surface area contributed by atoms with E-state index in [1.54, 1.807) is 19.9 Å². The molecule has 0 unspecified atom stereocenters. The number of aromatic nitrogens is 1. The Balaban J connectivity index is 1.90. The third-order valence-corrected chi connectivity index (χ3v) is 4.30. The minimum absolute atomic E-state index is 0.0816. The molecule has 0 spiro atoms. The standard InChI is InChI=1S/C19H21N3O4/c1-11-14(12(2)22-19(26)15(11)10-20)4-6-18(25)21-8-7-13-3-5-16(23)17(24)9-13/h3,5,9,23-24H,4,6-8H2,1-2H3,(H,21,25)(H,22,26). The van der Waals surface area contributed by atoms with E-state index < -0.39 is 5.56 Å². The van der Waals surface area contributed by atoms with Gasteiger partial charge in [0.15, 0.2) is 11.5 Å². The number of phenolic OH excluding ortho intramolecular Hbond substituents is 2. The lowest BCUT2D eigenvalue weighted by Gasteiger charge is -2.11. The number of hydrogen-bond donors (Lipinski definition) is 4. The normalized spacial score (nSPS) is 10.3. The van der Waals surface area contributed by atoms with Crippen molar-refractivity contribution >= 4 is 5.91 Å². The second-order valence-corrected chi connectivity index (χ2v) is 6.09. The first-order valence-electron chi connectivity index (χ1n) is 8.23. The smallest absolute Gasteiger partial charge is 0.266 e. The predicted octanol–water partition coefficient (Wildman–Crippen LogP) is 1.57. The van der Waals surface area contributed by atoms with Crippen molar-refractivity contribution in [2.75, 3.05) is 6.54 Å². The Labute approximate surface area is 150 Å². The number of nitriles is 1. The molecule has 7 heteroatoms. The number of carbonyl (C=O) groups is 1. The van der Waals surface area contributed by atoms with Crippen LogP contribution in [0.25, 0.3) is 0 Å². The number of benzene rings is 1. The maximum absolute atomic E-state index is 12.0. The van der Waals surface area contributed by atoms with Gasteiger partial charge >= 0.3 is 0 Å². The molecule has 0 saturated heterocycles. The Morgan fingerprint density at radius 1 is 1.23 bits per heavy atom. The number of phenols is 2. The van der Waals surface area contributed by atoms with E-state index in [9.17, 15) is 19.8 Å². The summed E-state index contributed by atoms with van der Waals surface area (Å²) in [6.45, 7) is 3.86. The molecule has 2 rings (SSSR count). The zero-order valence-corrected chi connectivity index (χ0v) is 14.7. The van der Waals surface area contributed by atoms with Crippen molar-refractivity contribution in [2.24, 2.45) is 0 Å². The molecule has 1 aromatic carbocycles. The Morgan fingerprint density at radius 2 is 1.96 bits per heavy atom. The molecule has 0 saturated carbocycles. The molecule has 0 radical (unpaired) electrons. The monoisotopic (exact) mass is 355 g/mol. The first-order chi connectivity index (χ1) is 12.3. The van der Waals surface area contributed by atoms with Crippen LogP contribution in [-0.2, 0) is 17.6 Å². The third-order valence-electron chi connectivity index (χ3n) is 4.30. The van der Waals surface area contributed by atoms with Crippen LogP contribution in [0.2, 0.25) is 0 Å². The molecular formula is C19H21N3O4. The molecule has 0 fully saturated rings. The van der Waals surface area contributed by atoms with E-state index >= 15 is 0 Å². The second kappa shape index (κ2) is 8.21. The molecule has 0 aliphatic heterocycles. The van der Waals surface area contributed by atoms with Gasteiger partial charge in [-0.2, -0.15) is 5.26 Å². The fraction of sp³-hybridized carbons (Fsp3) is 0.316. The summed E-state index contributed by atoms with van der Waals surface area (Å²) in [6.07, 6.45) is 1.18. The molecule has 7 nitrogen and oxygen atoms in total. The largest absolute Gasteiger partial charge is 0.504 e. The SMILES string of the molecule is Cc1[nH]c(=O)c(C#N)c(C)c1CCC(=O)NCCc1ccc(O)c(O)c1. The number of amides is 1. The Morgan fingerprint density at radius 3 is 2.62 bits per heavy atom. The van der Waals surface area contributed by atoms with Crippen molar-refractivity contribution in [1.82, 2.24) is 10.3 Å². The maximum Gasteiger partial charge on any atom is 0.266 e. The fourth-order valence-electron chi connectivity index (χ4n) is 2.82. The van der Waals surface area contributed by atoms with Gasteiger partial charge in [-0.1, -0.05) is 6.07 Å². The number of hydrogen-bond acceptors (Lipinski definition) is 5. The van der Waals surface area contributed by atoms with E-state index in [0.29, 0.717) is 30.6 Å². The lowest BCUT2D eigenvalue weighted by molar-refractivity contribution is -0.121. The van der Waals surface area contributed by atoms with Gasteiger partial charge in [-0.25, -0.2) is 0 Å². The lowest BCUT2D eigenvalue weighted by Crippen LogP contribution is -2.26. The van der Waals surface area contributed by atoms with Crippen molar-refractivity contribution in [1.29, 1.82) is 5.26 Å². The molecule has 0 bridgehead atoms. The number of nitrogens with zero attached hydrogens (tertiary/aromatic N) is 1. The third kappa shape index (κ3) is 4.42. The van der Waals surface area contributed by atoms with Crippen LogP contribution in [0.1, 0.15) is 34.4 Å². The summed E-state index contributed by atoms with van der Waals surface area (Å²) >= 11 is 0. The number of nitrogens with one attached hydrogen (secondary N) is 2. The number of carbonyl (C=O) groups excluding carboxylic acids is 1. The Hall–Kier alpha value is -3.27. The number of aromatic hydroxyl groups is 2. The molecule has 1 aromatic heterocycles. The maximum atomic E-state index is 12.0. The van der Waals surface area contributed by atoms with Gasteiger partial charge in [-0.15, -0.1) is 0 Å². The predicted molar refractivity (Wildman–Crippen MR) is 96.1 cm³/mol. The number of aromatic amines is 1. The first kappa shape index (κ1) is 19.1. The molecule has 2 aromatic rings. The molecular weight excluding hydrogens is 334 g/mol. The minimum atomic E-state index is -0.409. The topological polar surface area (TPSA) is 126 Å². The molecule has 26 heavy (non-hydrogen) atoms. The van der Waals surface area contributed by atoms with Crippen LogP contribution in [0.4, 0.5) is 0 Å². The van der Waals surface area contributed by atoms with Crippen LogP contribution >= 0.6 is 0 Å². The summed E-state index contributed by atoms with van der Waals surface area (Å²) in [5, 5.41) is 30.6. The number of H-pyrrole nitrogens is 1. The molecule has 0 aliphatic rings. The van der Waals surface area contributed by atoms with E-state index in [-0.39, 0.29) is 29.4 Å². The number of pyridine rings is 1. The zero-order valence-electron chi connectivity index (χ0n) is 14.7. The van der Waals surface area contributed by atoms with Crippen molar-refractivity contribution in [3.8, 4) is 17.6 Å². The first-order valence-corrected chi connectivity index (χ1v) is 8.23. The summed E-state index contributed by atoms with van der Waals surface area (Å²) < 4.78 is 0. The second-order valence-electron chi connectivity index (χ2n) is 6.09. The van der Waals surface area contributed by atoms with Crippen LogP contribution in [0, 0.1) is 25.2 Å². The summed E-state index contributed by atoms with van der Waals surface area (Å²) in [4.78, 5) is 26.4. The van der Waals surface area contributed by atoms with Crippen LogP contribution in [0.5, 0.6) is 11.5 Å². The molecule has 0 aliphatic carbocycles. The van der Waals surface area contributed by atoms with Crippen LogP contribution < -0.4 is 10.9 Å². The fourth-order valence-corrected chi connectivity index (χ4v) is 2.82. The van der Waals surface area contributed by atoms with Gasteiger partial charge in [0.1, 0.15) is 11.6 Å².